The van der Waals surface area contributed by atoms with E-state index in [2.05, 4.69) is 0 Å². The molecule has 3 aromatic rings. The summed E-state index contributed by atoms with van der Waals surface area (Å²) in [5, 5.41) is 0. The van der Waals surface area contributed by atoms with E-state index in [4.69, 9.17) is 15.2 Å². The number of amides is 1. The van der Waals surface area contributed by atoms with Gasteiger partial charge in [0.05, 0.1) is 0 Å². The summed E-state index contributed by atoms with van der Waals surface area (Å²) in [6.45, 7) is 0. The number of para-hydroxylation sites is 2. The molecule has 0 atom stereocenters. The van der Waals surface area contributed by atoms with Gasteiger partial charge in [0.25, 0.3) is 0 Å². The van der Waals surface area contributed by atoms with Crippen LogP contribution in [-0.4, -0.2) is 5.91 Å². The lowest BCUT2D eigenvalue weighted by Gasteiger charge is -2.11. The van der Waals surface area contributed by atoms with Crippen LogP contribution in [0.2, 0.25) is 0 Å². The fourth-order valence-electron chi connectivity index (χ4n) is 2.08. The summed E-state index contributed by atoms with van der Waals surface area (Å²) in [4.78, 5) is 11.5. The van der Waals surface area contributed by atoms with Crippen molar-refractivity contribution in [3.05, 3.63) is 84.4 Å². The molecule has 0 aromatic heterocycles. The first-order valence-electron chi connectivity index (χ1n) is 7.11. The molecule has 0 aliphatic rings. The summed E-state index contributed by atoms with van der Waals surface area (Å²) in [7, 11) is 0. The Morgan fingerprint density at radius 2 is 1.09 bits per heavy atom. The number of hydrogen-bond donors (Lipinski definition) is 1. The summed E-state index contributed by atoms with van der Waals surface area (Å²) in [6, 6.07) is 23.5. The van der Waals surface area contributed by atoms with Crippen molar-refractivity contribution in [3.8, 4) is 23.0 Å². The van der Waals surface area contributed by atoms with Crippen LogP contribution in [0.3, 0.4) is 0 Å². The Kier molecular flexibility index (Phi) is 4.25. The molecular weight excluding hydrogens is 290 g/mol. The molecular formula is C19H15NO3. The van der Waals surface area contributed by atoms with Gasteiger partial charge in [0.1, 0.15) is 23.0 Å². The van der Waals surface area contributed by atoms with Crippen molar-refractivity contribution in [3.63, 3.8) is 0 Å². The fourth-order valence-corrected chi connectivity index (χ4v) is 2.08. The second-order valence-electron chi connectivity index (χ2n) is 4.89. The van der Waals surface area contributed by atoms with E-state index >= 15 is 0 Å². The predicted octanol–water partition coefficient (Wildman–Crippen LogP) is 4.37. The van der Waals surface area contributed by atoms with Crippen molar-refractivity contribution in [1.29, 1.82) is 0 Å². The zero-order valence-corrected chi connectivity index (χ0v) is 12.3. The molecule has 0 saturated heterocycles. The first-order chi connectivity index (χ1) is 11.2. The van der Waals surface area contributed by atoms with Crippen LogP contribution in [0.1, 0.15) is 10.4 Å². The molecule has 0 saturated carbocycles. The van der Waals surface area contributed by atoms with E-state index in [9.17, 15) is 4.79 Å². The van der Waals surface area contributed by atoms with Crippen molar-refractivity contribution in [1.82, 2.24) is 0 Å². The quantitative estimate of drug-likeness (QED) is 0.761. The standard InChI is InChI=1S/C19H15NO3/c20-19(21)14-11-17(22-15-7-3-1-4-8-15)13-18(12-14)23-16-9-5-2-6-10-16/h1-13H,(H2,20,21). The van der Waals surface area contributed by atoms with Crippen LogP contribution in [0.4, 0.5) is 0 Å². The van der Waals surface area contributed by atoms with E-state index < -0.39 is 5.91 Å². The van der Waals surface area contributed by atoms with Crippen molar-refractivity contribution in [2.45, 2.75) is 0 Å². The highest BCUT2D eigenvalue weighted by molar-refractivity contribution is 5.93. The Labute approximate surface area is 134 Å². The normalized spacial score (nSPS) is 10.1. The number of carbonyl (C=O) groups is 1. The van der Waals surface area contributed by atoms with Crippen molar-refractivity contribution in [2.75, 3.05) is 0 Å². The van der Waals surface area contributed by atoms with Gasteiger partial charge in [0.2, 0.25) is 5.91 Å². The van der Waals surface area contributed by atoms with Gasteiger partial charge in [-0.2, -0.15) is 0 Å². The van der Waals surface area contributed by atoms with Crippen molar-refractivity contribution >= 4 is 5.91 Å². The largest absolute Gasteiger partial charge is 0.457 e. The Morgan fingerprint density at radius 3 is 1.48 bits per heavy atom. The van der Waals surface area contributed by atoms with Gasteiger partial charge in [-0.15, -0.1) is 0 Å². The summed E-state index contributed by atoms with van der Waals surface area (Å²) in [5.41, 5.74) is 5.71. The molecule has 23 heavy (non-hydrogen) atoms. The minimum atomic E-state index is -0.540. The number of carbonyl (C=O) groups excluding carboxylic acids is 1. The summed E-state index contributed by atoms with van der Waals surface area (Å²) in [5.74, 6) is 1.76. The summed E-state index contributed by atoms with van der Waals surface area (Å²) in [6.07, 6.45) is 0. The maximum atomic E-state index is 11.5. The van der Waals surface area contributed by atoms with E-state index in [1.54, 1.807) is 18.2 Å². The SMILES string of the molecule is NC(=O)c1cc(Oc2ccccc2)cc(Oc2ccccc2)c1. The smallest absolute Gasteiger partial charge is 0.248 e. The van der Waals surface area contributed by atoms with Crippen LogP contribution >= 0.6 is 0 Å². The number of rotatable bonds is 5. The number of benzene rings is 3. The van der Waals surface area contributed by atoms with Gasteiger partial charge in [-0.3, -0.25) is 4.79 Å². The molecule has 0 unspecified atom stereocenters. The van der Waals surface area contributed by atoms with Gasteiger partial charge in [0, 0.05) is 11.6 Å². The lowest BCUT2D eigenvalue weighted by atomic mass is 10.2. The predicted molar refractivity (Wildman–Crippen MR) is 88.0 cm³/mol. The minimum Gasteiger partial charge on any atom is -0.457 e. The topological polar surface area (TPSA) is 61.6 Å². The van der Waals surface area contributed by atoms with Gasteiger partial charge in [-0.25, -0.2) is 0 Å². The molecule has 0 spiro atoms. The lowest BCUT2D eigenvalue weighted by Crippen LogP contribution is -2.11. The number of ether oxygens (including phenoxy) is 2. The monoisotopic (exact) mass is 305 g/mol. The van der Waals surface area contributed by atoms with Crippen LogP contribution in [0.5, 0.6) is 23.0 Å². The third-order valence-corrected chi connectivity index (χ3v) is 3.12. The molecule has 1 amide bonds. The van der Waals surface area contributed by atoms with E-state index in [0.717, 1.165) is 0 Å². The Hall–Kier alpha value is -3.27. The molecule has 3 aromatic carbocycles. The third kappa shape index (κ3) is 3.89. The maximum absolute atomic E-state index is 11.5. The Balaban J connectivity index is 1.91. The highest BCUT2D eigenvalue weighted by Crippen LogP contribution is 2.30. The highest BCUT2D eigenvalue weighted by atomic mass is 16.5. The molecule has 0 aliphatic carbocycles. The first-order valence-corrected chi connectivity index (χ1v) is 7.11. The second kappa shape index (κ2) is 6.66. The molecule has 0 aliphatic heterocycles. The molecule has 4 nitrogen and oxygen atoms in total. The number of primary amides is 1. The van der Waals surface area contributed by atoms with Gasteiger partial charge < -0.3 is 15.2 Å². The van der Waals surface area contributed by atoms with Gasteiger partial charge in [-0.1, -0.05) is 36.4 Å². The van der Waals surface area contributed by atoms with Crippen LogP contribution in [0, 0.1) is 0 Å². The average Bonchev–Trinajstić information content (AvgIpc) is 2.56. The molecule has 0 radical (unpaired) electrons. The van der Waals surface area contributed by atoms with Crippen molar-refractivity contribution in [2.24, 2.45) is 5.73 Å². The zero-order valence-electron chi connectivity index (χ0n) is 12.3. The minimum absolute atomic E-state index is 0.323. The fraction of sp³-hybridized carbons (Fsp3) is 0. The van der Waals surface area contributed by atoms with E-state index in [1.807, 2.05) is 60.7 Å². The summed E-state index contributed by atoms with van der Waals surface area (Å²) >= 11 is 0. The van der Waals surface area contributed by atoms with Crippen LogP contribution in [0.25, 0.3) is 0 Å². The number of hydrogen-bond acceptors (Lipinski definition) is 3. The van der Waals surface area contributed by atoms with E-state index in [0.29, 0.717) is 28.6 Å². The average molecular weight is 305 g/mol. The Bertz CT molecular complexity index is 742. The zero-order chi connectivity index (χ0) is 16.1. The first kappa shape index (κ1) is 14.7. The van der Waals surface area contributed by atoms with Gasteiger partial charge in [0.15, 0.2) is 0 Å². The molecule has 114 valence electrons. The second-order valence-corrected chi connectivity index (χ2v) is 4.89. The van der Waals surface area contributed by atoms with Crippen LogP contribution in [-0.2, 0) is 0 Å². The summed E-state index contributed by atoms with van der Waals surface area (Å²) < 4.78 is 11.5. The molecule has 0 heterocycles. The molecule has 3 rings (SSSR count). The van der Waals surface area contributed by atoms with Gasteiger partial charge >= 0.3 is 0 Å². The van der Waals surface area contributed by atoms with E-state index in [1.165, 1.54) is 0 Å². The van der Waals surface area contributed by atoms with Crippen LogP contribution < -0.4 is 15.2 Å². The highest BCUT2D eigenvalue weighted by Gasteiger charge is 2.09. The van der Waals surface area contributed by atoms with Crippen LogP contribution in [0.15, 0.2) is 78.9 Å². The Morgan fingerprint density at radius 1 is 0.652 bits per heavy atom. The van der Waals surface area contributed by atoms with Gasteiger partial charge in [-0.05, 0) is 36.4 Å². The molecule has 0 bridgehead atoms. The third-order valence-electron chi connectivity index (χ3n) is 3.12. The van der Waals surface area contributed by atoms with E-state index in [-0.39, 0.29) is 0 Å². The lowest BCUT2D eigenvalue weighted by molar-refractivity contribution is 0.0999. The molecule has 4 heteroatoms. The molecule has 0 fully saturated rings. The van der Waals surface area contributed by atoms with Crippen molar-refractivity contribution < 1.29 is 14.3 Å². The molecule has 2 N–H and O–H groups in total. The maximum Gasteiger partial charge on any atom is 0.248 e. The number of nitrogens with two attached hydrogens (primary N) is 1.